The number of nitrogens with two attached hydrogens (primary N) is 1. The van der Waals surface area contributed by atoms with Gasteiger partial charge >= 0.3 is 5.97 Å². The van der Waals surface area contributed by atoms with Crippen LogP contribution in [0.4, 0.5) is 0 Å². The number of carbonyl (C=O) groups excluding carboxylic acids is 2. The van der Waals surface area contributed by atoms with Gasteiger partial charge in [0.25, 0.3) is 5.91 Å². The number of hydrogen-bond acceptors (Lipinski definition) is 9. The number of amides is 1. The molecule has 0 spiro atoms. The van der Waals surface area contributed by atoms with E-state index in [0.29, 0.717) is 44.2 Å². The minimum atomic E-state index is -0.638. The van der Waals surface area contributed by atoms with Crippen molar-refractivity contribution in [3.63, 3.8) is 0 Å². The number of hydrogen-bond donors (Lipinski definition) is 1. The fourth-order valence-corrected chi connectivity index (χ4v) is 3.70. The number of primary amides is 1. The highest BCUT2D eigenvalue weighted by atomic mass is 35.5. The lowest BCUT2D eigenvalue weighted by Crippen LogP contribution is -2.10. The molecule has 2 aromatic carbocycles. The van der Waals surface area contributed by atoms with Gasteiger partial charge in [-0.2, -0.15) is 0 Å². The molecule has 0 fully saturated rings. The number of esters is 1. The van der Waals surface area contributed by atoms with E-state index >= 15 is 0 Å². The largest absolute Gasteiger partial charge is 0.489 e. The molecule has 2 aromatic heterocycles. The molecule has 1 amide bonds. The van der Waals surface area contributed by atoms with Crippen molar-refractivity contribution >= 4 is 35.1 Å². The predicted molar refractivity (Wildman–Crippen MR) is 150 cm³/mol. The van der Waals surface area contributed by atoms with Crippen molar-refractivity contribution in [2.24, 2.45) is 5.73 Å². The number of ether oxygens (including phenoxy) is 3. The molecule has 2 heterocycles. The van der Waals surface area contributed by atoms with E-state index in [1.807, 2.05) is 27.7 Å². The van der Waals surface area contributed by atoms with Crippen LogP contribution < -0.4 is 15.2 Å². The first kappa shape index (κ1) is 30.5. The van der Waals surface area contributed by atoms with Gasteiger partial charge in [-0.1, -0.05) is 33.5 Å². The van der Waals surface area contributed by atoms with Gasteiger partial charge in [-0.05, 0) is 71.0 Å². The summed E-state index contributed by atoms with van der Waals surface area (Å²) in [5, 5.41) is 8.19. The summed E-state index contributed by atoms with van der Waals surface area (Å²) in [6.45, 7) is 9.69. The molecule has 4 aromatic rings. The summed E-state index contributed by atoms with van der Waals surface area (Å²) >= 11 is 12.3. The summed E-state index contributed by atoms with van der Waals surface area (Å²) in [5.74, 6) is 0.901. The highest BCUT2D eigenvalue weighted by Crippen LogP contribution is 2.32. The van der Waals surface area contributed by atoms with E-state index in [-0.39, 0.29) is 30.2 Å². The minimum absolute atomic E-state index is 0.0362. The normalized spacial score (nSPS) is 10.7. The van der Waals surface area contributed by atoms with Gasteiger partial charge in [-0.15, -0.1) is 0 Å². The molecule has 0 saturated heterocycles. The molecule has 0 aliphatic rings. The number of halogens is 2. The monoisotopic (exact) mass is 589 g/mol. The number of aromatic nitrogens is 2. The lowest BCUT2D eigenvalue weighted by Gasteiger charge is -2.11. The summed E-state index contributed by atoms with van der Waals surface area (Å²) in [6.07, 6.45) is 0.0733. The van der Waals surface area contributed by atoms with Crippen LogP contribution in [0.5, 0.6) is 11.5 Å². The SMILES string of the molecule is CC(C)Oc1ccc(-c2cc(C(N)=O)no2)cc1Cl.CCOC(=O)c1cc(-c2ccc(OC(C)C)c(Cl)c2)on1. The Morgan fingerprint density at radius 2 is 1.25 bits per heavy atom. The fraction of sp³-hybridized carbons (Fsp3) is 0.286. The Kier molecular flexibility index (Phi) is 10.6. The maximum atomic E-state index is 11.5. The first-order valence-corrected chi connectivity index (χ1v) is 13.1. The van der Waals surface area contributed by atoms with E-state index in [9.17, 15) is 9.59 Å². The third kappa shape index (κ3) is 8.24. The Bertz CT molecular complexity index is 1460. The summed E-state index contributed by atoms with van der Waals surface area (Å²) in [4.78, 5) is 22.5. The molecular formula is C28H29Cl2N3O7. The first-order valence-electron chi connectivity index (χ1n) is 12.3. The third-order valence-corrected chi connectivity index (χ3v) is 5.51. The molecule has 40 heavy (non-hydrogen) atoms. The van der Waals surface area contributed by atoms with Crippen LogP contribution in [0.25, 0.3) is 22.6 Å². The summed E-state index contributed by atoms with van der Waals surface area (Å²) in [5.41, 5.74) is 6.72. The van der Waals surface area contributed by atoms with Crippen LogP contribution in [0.3, 0.4) is 0 Å². The molecule has 0 saturated carbocycles. The number of benzene rings is 2. The molecule has 0 radical (unpaired) electrons. The second kappa shape index (κ2) is 13.9. The quantitative estimate of drug-likeness (QED) is 0.208. The Labute approximate surface area is 241 Å². The van der Waals surface area contributed by atoms with Gasteiger partial charge < -0.3 is 29.0 Å². The second-order valence-corrected chi connectivity index (χ2v) is 9.68. The van der Waals surface area contributed by atoms with Crippen molar-refractivity contribution < 1.29 is 32.8 Å². The van der Waals surface area contributed by atoms with E-state index < -0.39 is 11.9 Å². The zero-order valence-corrected chi connectivity index (χ0v) is 24.1. The molecule has 0 atom stereocenters. The van der Waals surface area contributed by atoms with E-state index in [2.05, 4.69) is 10.3 Å². The molecule has 12 heteroatoms. The van der Waals surface area contributed by atoms with Crippen molar-refractivity contribution in [3.05, 3.63) is 70.0 Å². The summed E-state index contributed by atoms with van der Waals surface area (Å²) < 4.78 is 26.1. The average molecular weight is 590 g/mol. The molecule has 0 unspecified atom stereocenters. The zero-order valence-electron chi connectivity index (χ0n) is 22.6. The Morgan fingerprint density at radius 3 is 1.62 bits per heavy atom. The maximum Gasteiger partial charge on any atom is 0.360 e. The maximum absolute atomic E-state index is 11.5. The van der Waals surface area contributed by atoms with Crippen molar-refractivity contribution in [1.82, 2.24) is 10.3 Å². The van der Waals surface area contributed by atoms with E-state index in [0.717, 1.165) is 0 Å². The van der Waals surface area contributed by atoms with Gasteiger partial charge in [-0.3, -0.25) is 4.79 Å². The Morgan fingerprint density at radius 1 is 0.800 bits per heavy atom. The lowest BCUT2D eigenvalue weighted by atomic mass is 10.1. The standard InChI is InChI=1S/C15H16ClNO4.C13H13ClN2O3/c1-4-19-15(18)12-8-14(21-17-12)10-5-6-13(11(16)7-10)20-9(2)3;1-7(2)18-11-4-3-8(5-9(11)14)12-6-10(13(15)17)16-19-12/h5-9H,4H2,1-3H3;3-7H,1-2H3,(H2,15,17). The van der Waals surface area contributed by atoms with Crippen molar-refractivity contribution in [2.45, 2.75) is 46.8 Å². The van der Waals surface area contributed by atoms with Gasteiger partial charge in [0.2, 0.25) is 0 Å². The van der Waals surface area contributed by atoms with E-state index in [4.69, 9.17) is 52.2 Å². The Hall–Kier alpha value is -4.02. The summed E-state index contributed by atoms with van der Waals surface area (Å²) in [7, 11) is 0. The van der Waals surface area contributed by atoms with Gasteiger partial charge in [0.05, 0.1) is 28.9 Å². The predicted octanol–water partition coefficient (Wildman–Crippen LogP) is 6.84. The van der Waals surface area contributed by atoms with Crippen molar-refractivity contribution in [1.29, 1.82) is 0 Å². The van der Waals surface area contributed by atoms with Gasteiger partial charge in [0.15, 0.2) is 22.9 Å². The number of rotatable bonds is 9. The minimum Gasteiger partial charge on any atom is -0.489 e. The second-order valence-electron chi connectivity index (χ2n) is 8.86. The van der Waals surface area contributed by atoms with Gasteiger partial charge in [0.1, 0.15) is 11.5 Å². The molecule has 0 aliphatic heterocycles. The Balaban J connectivity index is 0.000000222. The van der Waals surface area contributed by atoms with Gasteiger partial charge in [-0.25, -0.2) is 4.79 Å². The van der Waals surface area contributed by atoms with Crippen LogP contribution in [0, 0.1) is 0 Å². The molecule has 0 bridgehead atoms. The number of carbonyl (C=O) groups is 2. The molecule has 4 rings (SSSR count). The van der Waals surface area contributed by atoms with E-state index in [1.165, 1.54) is 12.1 Å². The third-order valence-electron chi connectivity index (χ3n) is 4.92. The van der Waals surface area contributed by atoms with Crippen LogP contribution in [-0.2, 0) is 4.74 Å². The van der Waals surface area contributed by atoms with E-state index in [1.54, 1.807) is 43.3 Å². The highest BCUT2D eigenvalue weighted by Gasteiger charge is 2.16. The molecule has 212 valence electrons. The highest BCUT2D eigenvalue weighted by molar-refractivity contribution is 6.32. The molecular weight excluding hydrogens is 561 g/mol. The first-order chi connectivity index (χ1) is 19.0. The fourth-order valence-electron chi connectivity index (χ4n) is 3.25. The zero-order chi connectivity index (χ0) is 29.4. The summed E-state index contributed by atoms with van der Waals surface area (Å²) in [6, 6.07) is 13.4. The van der Waals surface area contributed by atoms with Crippen LogP contribution in [0.15, 0.2) is 57.6 Å². The van der Waals surface area contributed by atoms with Crippen LogP contribution in [0.2, 0.25) is 10.0 Å². The van der Waals surface area contributed by atoms with Gasteiger partial charge in [0, 0.05) is 23.3 Å². The van der Waals surface area contributed by atoms with Crippen LogP contribution in [0.1, 0.15) is 55.6 Å². The van der Waals surface area contributed by atoms with Crippen molar-refractivity contribution in [2.75, 3.05) is 6.61 Å². The van der Waals surface area contributed by atoms with Crippen LogP contribution in [-0.4, -0.2) is 41.0 Å². The lowest BCUT2D eigenvalue weighted by molar-refractivity contribution is 0.0514. The van der Waals surface area contributed by atoms with Crippen LogP contribution >= 0.6 is 23.2 Å². The topological polar surface area (TPSA) is 140 Å². The average Bonchev–Trinajstić information content (AvgIpc) is 3.57. The molecule has 10 nitrogen and oxygen atoms in total. The smallest absolute Gasteiger partial charge is 0.360 e. The number of nitrogens with zero attached hydrogens (tertiary/aromatic N) is 2. The molecule has 2 N–H and O–H groups in total. The van der Waals surface area contributed by atoms with Crippen molar-refractivity contribution in [3.8, 4) is 34.1 Å². The molecule has 0 aliphatic carbocycles.